The van der Waals surface area contributed by atoms with Gasteiger partial charge in [-0.3, -0.25) is 14.4 Å². The van der Waals surface area contributed by atoms with Crippen molar-refractivity contribution in [3.8, 4) is 5.75 Å². The highest BCUT2D eigenvalue weighted by atomic mass is 19.1. The third kappa shape index (κ3) is 4.64. The zero-order chi connectivity index (χ0) is 20.1. The van der Waals surface area contributed by atoms with Crippen molar-refractivity contribution in [3.63, 3.8) is 0 Å². The van der Waals surface area contributed by atoms with E-state index in [1.165, 1.54) is 36.3 Å². The normalized spacial score (nSPS) is 16.0. The molecule has 1 heterocycles. The summed E-state index contributed by atoms with van der Waals surface area (Å²) in [6.07, 6.45) is 0.0424. The van der Waals surface area contributed by atoms with Gasteiger partial charge in [0.1, 0.15) is 11.6 Å². The Morgan fingerprint density at radius 3 is 2.68 bits per heavy atom. The Morgan fingerprint density at radius 1 is 1.21 bits per heavy atom. The minimum atomic E-state index is -0.567. The molecule has 1 fully saturated rings. The molecule has 1 unspecified atom stereocenters. The fourth-order valence-corrected chi connectivity index (χ4v) is 2.97. The molecule has 1 aliphatic heterocycles. The number of amides is 3. The number of methoxy groups -OCH3 is 1. The molecule has 0 radical (unpaired) electrons. The van der Waals surface area contributed by atoms with Gasteiger partial charge in [0.2, 0.25) is 17.7 Å². The van der Waals surface area contributed by atoms with Gasteiger partial charge in [-0.05, 0) is 36.4 Å². The highest BCUT2D eigenvalue weighted by molar-refractivity contribution is 6.01. The predicted molar refractivity (Wildman–Crippen MR) is 101 cm³/mol. The van der Waals surface area contributed by atoms with Crippen LogP contribution in [0, 0.1) is 11.7 Å². The Labute approximate surface area is 161 Å². The lowest BCUT2D eigenvalue weighted by molar-refractivity contribution is -0.127. The molecule has 3 rings (SSSR count). The summed E-state index contributed by atoms with van der Waals surface area (Å²) in [7, 11) is 1.53. The highest BCUT2D eigenvalue weighted by Crippen LogP contribution is 2.25. The molecule has 0 saturated carbocycles. The summed E-state index contributed by atoms with van der Waals surface area (Å²) >= 11 is 0. The molecule has 2 N–H and O–H groups in total. The molecule has 0 aliphatic carbocycles. The number of carbonyl (C=O) groups is 3. The molecule has 8 heteroatoms. The van der Waals surface area contributed by atoms with Crippen molar-refractivity contribution in [1.29, 1.82) is 0 Å². The molecule has 146 valence electrons. The van der Waals surface area contributed by atoms with Gasteiger partial charge >= 0.3 is 0 Å². The highest BCUT2D eigenvalue weighted by Gasteiger charge is 2.35. The smallest absolute Gasteiger partial charge is 0.243 e. The molecule has 0 aromatic heterocycles. The first-order chi connectivity index (χ1) is 13.5. The number of nitrogens with zero attached hydrogens (tertiary/aromatic N) is 1. The van der Waals surface area contributed by atoms with E-state index in [-0.39, 0.29) is 37.2 Å². The number of anilines is 2. The van der Waals surface area contributed by atoms with Crippen molar-refractivity contribution in [1.82, 2.24) is 5.32 Å². The van der Waals surface area contributed by atoms with E-state index in [4.69, 9.17) is 4.74 Å². The van der Waals surface area contributed by atoms with E-state index in [2.05, 4.69) is 10.6 Å². The second-order valence-electron chi connectivity index (χ2n) is 6.38. The maximum absolute atomic E-state index is 13.0. The standard InChI is InChI=1S/C20H20FN3O4/c1-28-17-4-2-3-15(10-17)23-18(25)11-22-20(27)13-9-19(26)24(12-13)16-7-5-14(21)6-8-16/h2-8,10,13H,9,11-12H2,1H3,(H,22,27)(H,23,25). The maximum Gasteiger partial charge on any atom is 0.243 e. The van der Waals surface area contributed by atoms with E-state index in [1.54, 1.807) is 24.3 Å². The van der Waals surface area contributed by atoms with Gasteiger partial charge in [0.15, 0.2) is 0 Å². The van der Waals surface area contributed by atoms with Gasteiger partial charge in [0, 0.05) is 30.4 Å². The first-order valence-electron chi connectivity index (χ1n) is 8.74. The maximum atomic E-state index is 13.0. The predicted octanol–water partition coefficient (Wildman–Crippen LogP) is 1.94. The van der Waals surface area contributed by atoms with Gasteiger partial charge in [0.05, 0.1) is 19.6 Å². The van der Waals surface area contributed by atoms with Crippen LogP contribution in [0.5, 0.6) is 5.75 Å². The van der Waals surface area contributed by atoms with Crippen LogP contribution >= 0.6 is 0 Å². The fourth-order valence-electron chi connectivity index (χ4n) is 2.97. The third-order valence-corrected chi connectivity index (χ3v) is 4.41. The topological polar surface area (TPSA) is 87.7 Å². The summed E-state index contributed by atoms with van der Waals surface area (Å²) in [4.78, 5) is 38.0. The van der Waals surface area contributed by atoms with E-state index in [0.717, 1.165) is 0 Å². The fraction of sp³-hybridized carbons (Fsp3) is 0.250. The van der Waals surface area contributed by atoms with Crippen molar-refractivity contribution in [3.05, 3.63) is 54.3 Å². The first-order valence-corrected chi connectivity index (χ1v) is 8.74. The van der Waals surface area contributed by atoms with Crippen molar-refractivity contribution in [2.45, 2.75) is 6.42 Å². The number of halogens is 1. The number of hydrogen-bond donors (Lipinski definition) is 2. The largest absolute Gasteiger partial charge is 0.497 e. The average Bonchev–Trinajstić information content (AvgIpc) is 3.08. The number of benzene rings is 2. The van der Waals surface area contributed by atoms with Gasteiger partial charge < -0.3 is 20.3 Å². The summed E-state index contributed by atoms with van der Waals surface area (Å²) < 4.78 is 18.1. The molecule has 2 aromatic rings. The molecular weight excluding hydrogens is 365 g/mol. The summed E-state index contributed by atoms with van der Waals surface area (Å²) in [5.41, 5.74) is 1.09. The molecule has 0 spiro atoms. The van der Waals surface area contributed by atoms with Gasteiger partial charge in [-0.2, -0.15) is 0 Å². The lowest BCUT2D eigenvalue weighted by Gasteiger charge is -2.16. The van der Waals surface area contributed by atoms with Crippen LogP contribution in [0.25, 0.3) is 0 Å². The molecule has 7 nitrogen and oxygen atoms in total. The second-order valence-corrected chi connectivity index (χ2v) is 6.38. The molecule has 0 bridgehead atoms. The number of hydrogen-bond acceptors (Lipinski definition) is 4. The number of nitrogens with one attached hydrogen (secondary N) is 2. The number of rotatable bonds is 6. The van der Waals surface area contributed by atoms with Crippen molar-refractivity contribution in [2.75, 3.05) is 30.4 Å². The van der Waals surface area contributed by atoms with Crippen LogP contribution in [0.4, 0.5) is 15.8 Å². The van der Waals surface area contributed by atoms with Gasteiger partial charge in [-0.25, -0.2) is 4.39 Å². The Balaban J connectivity index is 1.51. The van der Waals surface area contributed by atoms with E-state index >= 15 is 0 Å². The lowest BCUT2D eigenvalue weighted by atomic mass is 10.1. The molecule has 3 amide bonds. The Bertz CT molecular complexity index is 885. The zero-order valence-electron chi connectivity index (χ0n) is 15.3. The average molecular weight is 385 g/mol. The molecule has 1 atom stereocenters. The minimum absolute atomic E-state index is 0.0424. The molecular formula is C20H20FN3O4. The number of ether oxygens (including phenoxy) is 1. The Morgan fingerprint density at radius 2 is 1.96 bits per heavy atom. The van der Waals surface area contributed by atoms with Gasteiger partial charge in [-0.1, -0.05) is 6.07 Å². The van der Waals surface area contributed by atoms with Crippen LogP contribution in [-0.2, 0) is 14.4 Å². The lowest BCUT2D eigenvalue weighted by Crippen LogP contribution is -2.37. The summed E-state index contributed by atoms with van der Waals surface area (Å²) in [5.74, 6) is -1.34. The molecule has 1 saturated heterocycles. The molecule has 1 aliphatic rings. The van der Waals surface area contributed by atoms with E-state index in [0.29, 0.717) is 17.1 Å². The van der Waals surface area contributed by atoms with Crippen molar-refractivity contribution in [2.24, 2.45) is 5.92 Å². The van der Waals surface area contributed by atoms with Crippen LogP contribution in [0.3, 0.4) is 0 Å². The zero-order valence-corrected chi connectivity index (χ0v) is 15.3. The van der Waals surface area contributed by atoms with Crippen molar-refractivity contribution >= 4 is 29.1 Å². The summed E-state index contributed by atoms with van der Waals surface area (Å²) in [6.45, 7) is -0.0227. The van der Waals surface area contributed by atoms with Crippen LogP contribution in [-0.4, -0.2) is 37.9 Å². The van der Waals surface area contributed by atoms with E-state index in [9.17, 15) is 18.8 Å². The van der Waals surface area contributed by atoms with Crippen LogP contribution < -0.4 is 20.3 Å². The van der Waals surface area contributed by atoms with E-state index in [1.807, 2.05) is 0 Å². The second kappa shape index (κ2) is 8.51. The van der Waals surface area contributed by atoms with E-state index < -0.39 is 11.7 Å². The Hall–Kier alpha value is -3.42. The van der Waals surface area contributed by atoms with Crippen LogP contribution in [0.15, 0.2) is 48.5 Å². The first kappa shape index (κ1) is 19.3. The molecule has 2 aromatic carbocycles. The van der Waals surface area contributed by atoms with Crippen molar-refractivity contribution < 1.29 is 23.5 Å². The summed E-state index contributed by atoms with van der Waals surface area (Å²) in [6, 6.07) is 12.4. The third-order valence-electron chi connectivity index (χ3n) is 4.41. The van der Waals surface area contributed by atoms with Crippen LogP contribution in [0.2, 0.25) is 0 Å². The van der Waals surface area contributed by atoms with Crippen LogP contribution in [0.1, 0.15) is 6.42 Å². The summed E-state index contributed by atoms with van der Waals surface area (Å²) in [5, 5.41) is 5.22. The van der Waals surface area contributed by atoms with Gasteiger partial charge in [-0.15, -0.1) is 0 Å². The quantitative estimate of drug-likeness (QED) is 0.796. The minimum Gasteiger partial charge on any atom is -0.497 e. The monoisotopic (exact) mass is 385 g/mol. The van der Waals surface area contributed by atoms with Gasteiger partial charge in [0.25, 0.3) is 0 Å². The Kier molecular flexibility index (Phi) is 5.88. The molecule has 28 heavy (non-hydrogen) atoms. The number of carbonyl (C=O) groups excluding carboxylic acids is 3. The SMILES string of the molecule is COc1cccc(NC(=O)CNC(=O)C2CC(=O)N(c3ccc(F)cc3)C2)c1.